The van der Waals surface area contributed by atoms with Crippen LogP contribution < -0.4 is 0 Å². The monoisotopic (exact) mass is 536 g/mol. The molecule has 198 valence electrons. The first kappa shape index (κ1) is 27.3. The predicted octanol–water partition coefficient (Wildman–Crippen LogP) is 6.78. The van der Waals surface area contributed by atoms with Crippen molar-refractivity contribution in [1.82, 2.24) is 9.34 Å². The molecular formula is C24H27F6N2O3P. The molecule has 0 bridgehead atoms. The van der Waals surface area contributed by atoms with E-state index in [2.05, 4.69) is 0 Å². The minimum Gasteiger partial charge on any atom is -0.348 e. The Balaban J connectivity index is 1.70. The van der Waals surface area contributed by atoms with Crippen LogP contribution in [0.3, 0.4) is 0 Å². The molecule has 2 aliphatic rings. The normalized spacial score (nSPS) is 26.1. The molecule has 0 amide bonds. The van der Waals surface area contributed by atoms with Gasteiger partial charge in [0.25, 0.3) is 0 Å². The third-order valence-corrected chi connectivity index (χ3v) is 8.16. The highest BCUT2D eigenvalue weighted by Crippen LogP contribution is 2.63. The van der Waals surface area contributed by atoms with Gasteiger partial charge in [0, 0.05) is 0 Å². The maximum atomic E-state index is 13.5. The molecule has 0 aromatic heterocycles. The lowest BCUT2D eigenvalue weighted by Gasteiger charge is -2.27. The van der Waals surface area contributed by atoms with Crippen molar-refractivity contribution < 1.29 is 40.3 Å². The fraction of sp³-hybridized carbons (Fsp3) is 0.500. The van der Waals surface area contributed by atoms with Gasteiger partial charge in [-0.3, -0.25) is 0 Å². The third-order valence-electron chi connectivity index (χ3n) is 6.20. The first-order valence-electron chi connectivity index (χ1n) is 11.2. The number of hydrogen-bond acceptors (Lipinski definition) is 5. The first-order chi connectivity index (χ1) is 16.7. The minimum absolute atomic E-state index is 0.161. The molecule has 2 aromatic carbocycles. The number of halogens is 6. The molecule has 0 N–H and O–H groups in total. The van der Waals surface area contributed by atoms with E-state index in [4.69, 9.17) is 14.0 Å². The van der Waals surface area contributed by atoms with Crippen LogP contribution in [0.15, 0.2) is 48.5 Å². The summed E-state index contributed by atoms with van der Waals surface area (Å²) in [7, 11) is 1.86. The zero-order valence-electron chi connectivity index (χ0n) is 20.1. The molecule has 4 rings (SSSR count). The molecule has 0 radical (unpaired) electrons. The van der Waals surface area contributed by atoms with Crippen molar-refractivity contribution in [3.05, 3.63) is 70.8 Å². The van der Waals surface area contributed by atoms with Gasteiger partial charge in [-0.25, -0.2) is 9.34 Å². The summed E-state index contributed by atoms with van der Waals surface area (Å²) in [5.74, 6) is -0.754. The van der Waals surface area contributed by atoms with E-state index in [0.717, 1.165) is 24.3 Å². The van der Waals surface area contributed by atoms with E-state index in [1.165, 1.54) is 12.1 Å². The summed E-state index contributed by atoms with van der Waals surface area (Å²) in [6.07, 6.45) is -9.46. The van der Waals surface area contributed by atoms with E-state index in [-0.39, 0.29) is 12.7 Å². The highest BCUT2D eigenvalue weighted by atomic mass is 31.2. The van der Waals surface area contributed by atoms with Gasteiger partial charge in [-0.05, 0) is 63.3 Å². The van der Waals surface area contributed by atoms with Gasteiger partial charge in [0.2, 0.25) is 0 Å². The highest BCUT2D eigenvalue weighted by molar-refractivity contribution is 7.47. The minimum atomic E-state index is -4.56. The molecule has 2 aromatic rings. The Labute approximate surface area is 206 Å². The summed E-state index contributed by atoms with van der Waals surface area (Å²) in [6, 6.07) is 8.38. The van der Waals surface area contributed by atoms with Crippen LogP contribution in [0.25, 0.3) is 0 Å². The van der Waals surface area contributed by atoms with Crippen molar-refractivity contribution in [3.8, 4) is 0 Å². The van der Waals surface area contributed by atoms with Crippen molar-refractivity contribution in [3.63, 3.8) is 0 Å². The number of alkyl halides is 6. The van der Waals surface area contributed by atoms with Gasteiger partial charge < -0.3 is 14.0 Å². The number of nitrogens with zero attached hydrogens (tertiary/aromatic N) is 2. The van der Waals surface area contributed by atoms with Crippen LogP contribution in [0, 0.1) is 0 Å². The highest BCUT2D eigenvalue weighted by Gasteiger charge is 2.48. The largest absolute Gasteiger partial charge is 0.416 e. The molecule has 5 nitrogen and oxygen atoms in total. The van der Waals surface area contributed by atoms with E-state index in [1.807, 2.05) is 0 Å². The molecule has 2 fully saturated rings. The van der Waals surface area contributed by atoms with Crippen LogP contribution >= 0.6 is 8.45 Å². The Morgan fingerprint density at radius 3 is 1.75 bits per heavy atom. The topological polar surface area (TPSA) is 34.2 Å². The fourth-order valence-electron chi connectivity index (χ4n) is 4.62. The zero-order valence-corrected chi connectivity index (χ0v) is 21.0. The molecular weight excluding hydrogens is 509 g/mol. The molecule has 2 saturated heterocycles. The Bertz CT molecular complexity index is 1010. The zero-order chi connectivity index (χ0) is 26.5. The SMILES string of the molecule is CN1[C@@H](c2cccc(C(F)(F)F)c2)[C@H](c2cccc(C(F)(F)F)c2)N(C)P1OC[C@H]1COC(C)(C)O1. The van der Waals surface area contributed by atoms with Crippen LogP contribution in [-0.4, -0.2) is 48.5 Å². The summed E-state index contributed by atoms with van der Waals surface area (Å²) in [5.41, 5.74) is -0.988. The van der Waals surface area contributed by atoms with Gasteiger partial charge in [0.05, 0.1) is 36.4 Å². The smallest absolute Gasteiger partial charge is 0.348 e. The lowest BCUT2D eigenvalue weighted by Crippen LogP contribution is -2.24. The van der Waals surface area contributed by atoms with Crippen LogP contribution in [0.2, 0.25) is 0 Å². The molecule has 2 heterocycles. The molecule has 0 aliphatic carbocycles. The Morgan fingerprint density at radius 1 is 0.889 bits per heavy atom. The van der Waals surface area contributed by atoms with E-state index in [1.54, 1.807) is 49.4 Å². The van der Waals surface area contributed by atoms with Gasteiger partial charge in [-0.15, -0.1) is 0 Å². The molecule has 0 spiro atoms. The quantitative estimate of drug-likeness (QED) is 0.311. The van der Waals surface area contributed by atoms with Crippen LogP contribution in [0.4, 0.5) is 26.3 Å². The Hall–Kier alpha value is -1.75. The number of ether oxygens (including phenoxy) is 2. The van der Waals surface area contributed by atoms with E-state index >= 15 is 0 Å². The number of likely N-dealkylation sites (N-methyl/N-ethyl adjacent to an activating group) is 2. The van der Waals surface area contributed by atoms with Crippen molar-refractivity contribution in [2.24, 2.45) is 0 Å². The molecule has 3 atom stereocenters. The van der Waals surface area contributed by atoms with E-state index in [0.29, 0.717) is 17.7 Å². The standard InChI is InChI=1S/C24H27F6N2O3P/c1-22(2)33-13-19(35-22)14-34-36-31(3)20(15-7-5-9-17(11-15)23(25,26)27)21(32(36)4)16-8-6-10-18(12-16)24(28,29)30/h5-12,19-21H,13-14H2,1-4H3/t19-,20+,21+/m1/s1. The molecule has 12 heteroatoms. The second kappa shape index (κ2) is 9.85. The van der Waals surface area contributed by atoms with E-state index < -0.39 is 49.8 Å². The van der Waals surface area contributed by atoms with Crippen LogP contribution in [0.1, 0.15) is 48.2 Å². The van der Waals surface area contributed by atoms with Crippen molar-refractivity contribution in [2.45, 2.75) is 50.2 Å². The van der Waals surface area contributed by atoms with Gasteiger partial charge in [0.15, 0.2) is 14.2 Å². The Kier molecular flexibility index (Phi) is 7.47. The van der Waals surface area contributed by atoms with Crippen molar-refractivity contribution in [1.29, 1.82) is 0 Å². The molecule has 0 saturated carbocycles. The number of rotatable bonds is 5. The van der Waals surface area contributed by atoms with Crippen molar-refractivity contribution >= 4 is 8.45 Å². The van der Waals surface area contributed by atoms with Gasteiger partial charge in [-0.1, -0.05) is 24.3 Å². The summed E-state index contributed by atoms with van der Waals surface area (Å²) in [6.45, 7) is 4.03. The summed E-state index contributed by atoms with van der Waals surface area (Å²) < 4.78 is 102. The average molecular weight is 536 g/mol. The molecule has 2 aliphatic heterocycles. The summed E-state index contributed by atoms with van der Waals surface area (Å²) in [4.78, 5) is 0. The van der Waals surface area contributed by atoms with Gasteiger partial charge in [-0.2, -0.15) is 26.3 Å². The summed E-state index contributed by atoms with van der Waals surface area (Å²) in [5, 5.41) is 0. The van der Waals surface area contributed by atoms with Gasteiger partial charge in [0.1, 0.15) is 6.10 Å². The fourth-order valence-corrected chi connectivity index (χ4v) is 6.67. The number of benzene rings is 2. The molecule has 0 unspecified atom stereocenters. The lowest BCUT2D eigenvalue weighted by molar-refractivity contribution is -0.141. The maximum absolute atomic E-state index is 13.5. The lowest BCUT2D eigenvalue weighted by atomic mass is 9.91. The van der Waals surface area contributed by atoms with E-state index in [9.17, 15) is 26.3 Å². The maximum Gasteiger partial charge on any atom is 0.416 e. The van der Waals surface area contributed by atoms with Crippen LogP contribution in [0.5, 0.6) is 0 Å². The third kappa shape index (κ3) is 5.71. The second-order valence-corrected chi connectivity index (χ2v) is 11.3. The van der Waals surface area contributed by atoms with Gasteiger partial charge >= 0.3 is 12.4 Å². The summed E-state index contributed by atoms with van der Waals surface area (Å²) >= 11 is 0. The number of hydrogen-bond donors (Lipinski definition) is 0. The van der Waals surface area contributed by atoms with Crippen molar-refractivity contribution in [2.75, 3.05) is 27.3 Å². The first-order valence-corrected chi connectivity index (χ1v) is 12.4. The average Bonchev–Trinajstić information content (AvgIpc) is 3.26. The Morgan fingerprint density at radius 2 is 1.36 bits per heavy atom. The second-order valence-electron chi connectivity index (χ2n) is 9.28. The predicted molar refractivity (Wildman–Crippen MR) is 122 cm³/mol. The molecule has 36 heavy (non-hydrogen) atoms. The van der Waals surface area contributed by atoms with Crippen LogP contribution in [-0.2, 0) is 26.4 Å².